The maximum absolute atomic E-state index is 11.7. The van der Waals surface area contributed by atoms with Crippen LogP contribution in [0.3, 0.4) is 0 Å². The van der Waals surface area contributed by atoms with Gasteiger partial charge in [-0.25, -0.2) is 0 Å². The zero-order valence-corrected chi connectivity index (χ0v) is 8.12. The topological polar surface area (TPSA) is 74.6 Å². The molecule has 4 nitrogen and oxygen atoms in total. The van der Waals surface area contributed by atoms with Crippen molar-refractivity contribution in [1.29, 1.82) is 0 Å². The van der Waals surface area contributed by atoms with Crippen molar-refractivity contribution in [2.75, 3.05) is 6.67 Å². The first-order valence-corrected chi connectivity index (χ1v) is 4.48. The molecule has 0 bridgehead atoms. The van der Waals surface area contributed by atoms with Crippen molar-refractivity contribution in [3.05, 3.63) is 0 Å². The summed E-state index contributed by atoms with van der Waals surface area (Å²) in [7, 11) is 0. The minimum Gasteiger partial charge on any atom is -0.480 e. The molecule has 0 aromatic carbocycles. The first-order valence-electron chi connectivity index (χ1n) is 4.48. The second kappa shape index (κ2) is 5.57. The Bertz CT molecular complexity index is 201. The van der Waals surface area contributed by atoms with Crippen LogP contribution in [0.4, 0.5) is 4.39 Å². The molecular formula is C9H15FO4. The Morgan fingerprint density at radius 3 is 2.00 bits per heavy atom. The molecule has 0 fully saturated rings. The van der Waals surface area contributed by atoms with Gasteiger partial charge in [0.2, 0.25) is 0 Å². The molecule has 0 spiro atoms. The van der Waals surface area contributed by atoms with Crippen molar-refractivity contribution < 1.29 is 24.2 Å². The molecule has 0 aromatic heterocycles. The molecule has 0 radical (unpaired) electrons. The highest BCUT2D eigenvalue weighted by atomic mass is 19.1. The summed E-state index contributed by atoms with van der Waals surface area (Å²) in [6.45, 7) is 0.726. The van der Waals surface area contributed by atoms with Gasteiger partial charge in [0, 0.05) is 0 Å². The predicted molar refractivity (Wildman–Crippen MR) is 47.8 cm³/mol. The van der Waals surface area contributed by atoms with Crippen LogP contribution in [0.1, 0.15) is 32.6 Å². The largest absolute Gasteiger partial charge is 0.480 e. The first kappa shape index (κ1) is 12.9. The number of alkyl halides is 1. The van der Waals surface area contributed by atoms with E-state index in [2.05, 4.69) is 0 Å². The molecule has 82 valence electrons. The van der Waals surface area contributed by atoms with Gasteiger partial charge >= 0.3 is 11.9 Å². The molecule has 0 saturated heterocycles. The van der Waals surface area contributed by atoms with Crippen molar-refractivity contribution in [1.82, 2.24) is 0 Å². The Balaban J connectivity index is 4.12. The van der Waals surface area contributed by atoms with Crippen LogP contribution in [0.5, 0.6) is 0 Å². The number of unbranched alkanes of at least 4 members (excludes halogenated alkanes) is 2. The minimum absolute atomic E-state index is 0.0394. The lowest BCUT2D eigenvalue weighted by molar-refractivity contribution is -0.163. The van der Waals surface area contributed by atoms with Gasteiger partial charge < -0.3 is 10.2 Å². The summed E-state index contributed by atoms with van der Waals surface area (Å²) in [4.78, 5) is 21.3. The number of halogens is 1. The standard InChI is InChI=1S/C9H15FO4/c1-9(7(11)12,8(13)14)5-3-2-4-6-10/h2-6H2,1H3,(H,11,12)(H,13,14). The van der Waals surface area contributed by atoms with Gasteiger partial charge in [0.15, 0.2) is 5.41 Å². The van der Waals surface area contributed by atoms with Crippen LogP contribution >= 0.6 is 0 Å². The molecule has 0 heterocycles. The molecule has 5 heteroatoms. The van der Waals surface area contributed by atoms with E-state index >= 15 is 0 Å². The molecule has 0 rings (SSSR count). The normalized spacial score (nSPS) is 11.3. The smallest absolute Gasteiger partial charge is 0.320 e. The van der Waals surface area contributed by atoms with E-state index in [1.165, 1.54) is 6.92 Å². The first-order chi connectivity index (χ1) is 6.45. The summed E-state index contributed by atoms with van der Waals surface area (Å²) in [5, 5.41) is 17.4. The molecule has 2 N–H and O–H groups in total. The number of carboxylic acid groups (broad SMARTS) is 2. The van der Waals surface area contributed by atoms with Crippen LogP contribution in [0, 0.1) is 5.41 Å². The summed E-state index contributed by atoms with van der Waals surface area (Å²) in [5.74, 6) is -2.68. The van der Waals surface area contributed by atoms with Crippen LogP contribution in [0.25, 0.3) is 0 Å². The quantitative estimate of drug-likeness (QED) is 0.491. The summed E-state index contributed by atoms with van der Waals surface area (Å²) in [5.41, 5.74) is -1.74. The second-order valence-corrected chi connectivity index (χ2v) is 3.44. The Morgan fingerprint density at radius 1 is 1.14 bits per heavy atom. The molecule has 0 saturated carbocycles. The molecule has 14 heavy (non-hydrogen) atoms. The van der Waals surface area contributed by atoms with Crippen LogP contribution in [0.2, 0.25) is 0 Å². The third kappa shape index (κ3) is 3.32. The van der Waals surface area contributed by atoms with E-state index in [0.29, 0.717) is 19.3 Å². The highest BCUT2D eigenvalue weighted by molar-refractivity contribution is 5.97. The van der Waals surface area contributed by atoms with E-state index in [1.54, 1.807) is 0 Å². The van der Waals surface area contributed by atoms with E-state index < -0.39 is 24.0 Å². The number of hydrogen-bond donors (Lipinski definition) is 2. The van der Waals surface area contributed by atoms with E-state index in [0.717, 1.165) is 0 Å². The van der Waals surface area contributed by atoms with E-state index in [1.807, 2.05) is 0 Å². The average molecular weight is 206 g/mol. The van der Waals surface area contributed by atoms with Gasteiger partial charge in [0.1, 0.15) is 0 Å². The van der Waals surface area contributed by atoms with Crippen molar-refractivity contribution in [2.45, 2.75) is 32.6 Å². The Labute approximate surface area is 81.7 Å². The lowest BCUT2D eigenvalue weighted by Crippen LogP contribution is -2.36. The van der Waals surface area contributed by atoms with Crippen molar-refractivity contribution >= 4 is 11.9 Å². The molecule has 0 aromatic rings. The fraction of sp³-hybridized carbons (Fsp3) is 0.778. The third-order valence-corrected chi connectivity index (χ3v) is 2.25. The van der Waals surface area contributed by atoms with Gasteiger partial charge in [-0.3, -0.25) is 14.0 Å². The van der Waals surface area contributed by atoms with E-state index in [9.17, 15) is 14.0 Å². The van der Waals surface area contributed by atoms with Crippen molar-refractivity contribution in [2.24, 2.45) is 5.41 Å². The molecule has 0 amide bonds. The van der Waals surface area contributed by atoms with E-state index in [4.69, 9.17) is 10.2 Å². The number of hydrogen-bond acceptors (Lipinski definition) is 2. The fourth-order valence-corrected chi connectivity index (χ4v) is 1.06. The Morgan fingerprint density at radius 2 is 1.64 bits per heavy atom. The number of carbonyl (C=O) groups is 2. The Kier molecular flexibility index (Phi) is 5.12. The summed E-state index contributed by atoms with van der Waals surface area (Å²) >= 11 is 0. The SMILES string of the molecule is CC(CCCCCF)(C(=O)O)C(=O)O. The Hall–Kier alpha value is -1.13. The zero-order chi connectivity index (χ0) is 11.2. The maximum Gasteiger partial charge on any atom is 0.320 e. The van der Waals surface area contributed by atoms with Crippen LogP contribution in [0.15, 0.2) is 0 Å². The highest BCUT2D eigenvalue weighted by Gasteiger charge is 2.40. The minimum atomic E-state index is -1.74. The van der Waals surface area contributed by atoms with Gasteiger partial charge in [-0.15, -0.1) is 0 Å². The van der Waals surface area contributed by atoms with Crippen molar-refractivity contribution in [3.8, 4) is 0 Å². The number of rotatable bonds is 7. The monoisotopic (exact) mass is 206 g/mol. The van der Waals surface area contributed by atoms with Gasteiger partial charge in [0.05, 0.1) is 6.67 Å². The third-order valence-electron chi connectivity index (χ3n) is 2.25. The molecular weight excluding hydrogens is 191 g/mol. The highest BCUT2D eigenvalue weighted by Crippen LogP contribution is 2.25. The number of carboxylic acids is 2. The average Bonchev–Trinajstić information content (AvgIpc) is 2.11. The van der Waals surface area contributed by atoms with Crippen LogP contribution in [-0.4, -0.2) is 28.8 Å². The van der Waals surface area contributed by atoms with Gasteiger partial charge in [0.25, 0.3) is 0 Å². The predicted octanol–water partition coefficient (Wildman–Crippen LogP) is 1.69. The molecule has 0 aliphatic carbocycles. The fourth-order valence-electron chi connectivity index (χ4n) is 1.06. The summed E-state index contributed by atoms with van der Waals surface area (Å²) < 4.78 is 11.7. The number of aliphatic carboxylic acids is 2. The lowest BCUT2D eigenvalue weighted by atomic mass is 9.85. The van der Waals surface area contributed by atoms with Crippen LogP contribution in [-0.2, 0) is 9.59 Å². The van der Waals surface area contributed by atoms with Gasteiger partial charge in [-0.1, -0.05) is 12.8 Å². The van der Waals surface area contributed by atoms with Gasteiger partial charge in [-0.2, -0.15) is 0 Å². The molecule has 0 unspecified atom stereocenters. The lowest BCUT2D eigenvalue weighted by Gasteiger charge is -2.18. The molecule has 0 atom stereocenters. The summed E-state index contributed by atoms with van der Waals surface area (Å²) in [6, 6.07) is 0. The summed E-state index contributed by atoms with van der Waals surface area (Å²) in [6.07, 6.45) is 1.33. The zero-order valence-electron chi connectivity index (χ0n) is 8.12. The van der Waals surface area contributed by atoms with Crippen LogP contribution < -0.4 is 0 Å². The van der Waals surface area contributed by atoms with Gasteiger partial charge in [-0.05, 0) is 19.8 Å². The van der Waals surface area contributed by atoms with E-state index in [-0.39, 0.29) is 6.42 Å². The maximum atomic E-state index is 11.7. The molecule has 0 aliphatic rings. The van der Waals surface area contributed by atoms with Crippen molar-refractivity contribution in [3.63, 3.8) is 0 Å². The second-order valence-electron chi connectivity index (χ2n) is 3.44. The molecule has 0 aliphatic heterocycles.